The van der Waals surface area contributed by atoms with Crippen molar-refractivity contribution in [3.05, 3.63) is 33.1 Å². The number of halogens is 1. The summed E-state index contributed by atoms with van der Waals surface area (Å²) in [7, 11) is 0. The highest BCUT2D eigenvalue weighted by Gasteiger charge is 2.12. The smallest absolute Gasteiger partial charge is 0.358 e. The Morgan fingerprint density at radius 1 is 1.54 bits per heavy atom. The van der Waals surface area contributed by atoms with Gasteiger partial charge in [0.15, 0.2) is 0 Å². The molecule has 0 unspecified atom stereocenters. The van der Waals surface area contributed by atoms with E-state index in [4.69, 9.17) is 0 Å². The topological polar surface area (TPSA) is 81.8 Å². The third-order valence-electron chi connectivity index (χ3n) is 1.39. The molecule has 0 aliphatic rings. The van der Waals surface area contributed by atoms with Crippen molar-refractivity contribution in [3.63, 3.8) is 0 Å². The first-order valence-electron chi connectivity index (χ1n) is 3.23. The third-order valence-corrected chi connectivity index (χ3v) is 1.88. The molecule has 0 bridgehead atoms. The molecule has 0 radical (unpaired) electrons. The normalized spacial score (nSPS) is 9.38. The number of hydrogen-bond acceptors (Lipinski definition) is 5. The van der Waals surface area contributed by atoms with Gasteiger partial charge in [0, 0.05) is 4.47 Å². The molecule has 1 aromatic rings. The summed E-state index contributed by atoms with van der Waals surface area (Å²) in [6, 6.07) is 4.39. The number of carbonyl (C=O) groups is 1. The first-order valence-corrected chi connectivity index (χ1v) is 4.02. The molecule has 1 rings (SSSR count). The highest BCUT2D eigenvalue weighted by Crippen LogP contribution is 2.24. The van der Waals surface area contributed by atoms with Gasteiger partial charge >= 0.3 is 5.97 Å². The molecule has 0 saturated heterocycles. The van der Waals surface area contributed by atoms with E-state index in [0.717, 1.165) is 0 Å². The van der Waals surface area contributed by atoms with Gasteiger partial charge in [-0.15, -0.1) is 4.91 Å². The van der Waals surface area contributed by atoms with Gasteiger partial charge in [-0.05, 0) is 23.4 Å². The third kappa shape index (κ3) is 2.10. The first-order chi connectivity index (χ1) is 6.19. The second-order valence-electron chi connectivity index (χ2n) is 2.16. The van der Waals surface area contributed by atoms with Gasteiger partial charge < -0.3 is 4.84 Å². The maximum atomic E-state index is 10.9. The molecule has 6 heteroatoms. The lowest BCUT2D eigenvalue weighted by molar-refractivity contribution is 0.0504. The van der Waals surface area contributed by atoms with E-state index in [2.05, 4.69) is 31.8 Å². The van der Waals surface area contributed by atoms with Crippen LogP contribution in [0.4, 0.5) is 5.69 Å². The maximum Gasteiger partial charge on any atom is 0.358 e. The van der Waals surface area contributed by atoms with Gasteiger partial charge in [0.2, 0.25) is 0 Å². The molecule has 0 spiro atoms. The number of nitrogens with zero attached hydrogens (tertiary/aromatic N) is 1. The van der Waals surface area contributed by atoms with Crippen molar-refractivity contribution in [2.24, 2.45) is 11.1 Å². The highest BCUT2D eigenvalue weighted by molar-refractivity contribution is 9.10. The number of nitroso groups, excluding NO2 is 1. The van der Waals surface area contributed by atoms with E-state index in [0.29, 0.717) is 4.47 Å². The van der Waals surface area contributed by atoms with Crippen molar-refractivity contribution >= 4 is 27.6 Å². The van der Waals surface area contributed by atoms with Crippen LogP contribution < -0.4 is 5.90 Å². The van der Waals surface area contributed by atoms with Crippen molar-refractivity contribution in [1.82, 2.24) is 0 Å². The van der Waals surface area contributed by atoms with Gasteiger partial charge in [-0.25, -0.2) is 4.79 Å². The summed E-state index contributed by atoms with van der Waals surface area (Å²) in [5.74, 6) is 3.87. The summed E-state index contributed by atoms with van der Waals surface area (Å²) in [4.78, 5) is 25.2. The Labute approximate surface area is 81.9 Å². The summed E-state index contributed by atoms with van der Waals surface area (Å²) < 4.78 is 0.649. The maximum absolute atomic E-state index is 10.9. The number of benzene rings is 1. The molecular weight excluding hydrogens is 240 g/mol. The van der Waals surface area contributed by atoms with E-state index < -0.39 is 5.97 Å². The summed E-state index contributed by atoms with van der Waals surface area (Å²) in [6.45, 7) is 0. The number of nitrogens with two attached hydrogens (primary N) is 1. The van der Waals surface area contributed by atoms with Crippen LogP contribution >= 0.6 is 15.9 Å². The van der Waals surface area contributed by atoms with Crippen LogP contribution in [0.3, 0.4) is 0 Å². The van der Waals surface area contributed by atoms with Crippen molar-refractivity contribution in [3.8, 4) is 0 Å². The molecule has 1 aromatic carbocycles. The van der Waals surface area contributed by atoms with Crippen molar-refractivity contribution in [1.29, 1.82) is 0 Å². The van der Waals surface area contributed by atoms with Gasteiger partial charge in [0.1, 0.15) is 5.69 Å². The summed E-state index contributed by atoms with van der Waals surface area (Å²) in [5, 5.41) is 2.66. The number of rotatable bonds is 2. The molecule has 0 fully saturated rings. The molecule has 13 heavy (non-hydrogen) atoms. The Bertz CT molecular complexity index is 354. The molecule has 2 N–H and O–H groups in total. The molecule has 68 valence electrons. The minimum Gasteiger partial charge on any atom is -0.370 e. The summed E-state index contributed by atoms with van der Waals surface area (Å²) in [6.07, 6.45) is 0. The number of hydrogen-bond donors (Lipinski definition) is 1. The van der Waals surface area contributed by atoms with Crippen LogP contribution in [0.2, 0.25) is 0 Å². The molecular formula is C7H5BrN2O3. The van der Waals surface area contributed by atoms with Gasteiger partial charge in [0.05, 0.1) is 5.56 Å². The lowest BCUT2D eigenvalue weighted by Gasteiger charge is -2.00. The molecule has 0 saturated carbocycles. The zero-order valence-electron chi connectivity index (χ0n) is 6.36. The Morgan fingerprint density at radius 3 is 2.77 bits per heavy atom. The van der Waals surface area contributed by atoms with Crippen molar-refractivity contribution in [2.75, 3.05) is 0 Å². The average Bonchev–Trinajstić information content (AvgIpc) is 2.16. The van der Waals surface area contributed by atoms with Crippen LogP contribution in [0.1, 0.15) is 10.4 Å². The first kappa shape index (κ1) is 9.82. The second kappa shape index (κ2) is 4.11. The van der Waals surface area contributed by atoms with E-state index in [1.54, 1.807) is 6.07 Å². The average molecular weight is 245 g/mol. The van der Waals surface area contributed by atoms with Crippen molar-refractivity contribution < 1.29 is 9.63 Å². The summed E-state index contributed by atoms with van der Waals surface area (Å²) >= 11 is 3.13. The van der Waals surface area contributed by atoms with Gasteiger partial charge in [-0.2, -0.15) is 5.90 Å². The van der Waals surface area contributed by atoms with Gasteiger partial charge in [-0.3, -0.25) is 0 Å². The minimum absolute atomic E-state index is 0.00942. The fraction of sp³-hybridized carbons (Fsp3) is 0. The second-order valence-corrected chi connectivity index (χ2v) is 3.07. The molecule has 0 aromatic heterocycles. The lowest BCUT2D eigenvalue weighted by Crippen LogP contribution is -2.10. The van der Waals surface area contributed by atoms with Gasteiger partial charge in [-0.1, -0.05) is 15.9 Å². The molecule has 0 aliphatic heterocycles. The van der Waals surface area contributed by atoms with Crippen LogP contribution in [0.15, 0.2) is 27.8 Å². The minimum atomic E-state index is -0.790. The summed E-state index contributed by atoms with van der Waals surface area (Å²) in [5.41, 5.74) is 0.0329. The van der Waals surface area contributed by atoms with Gasteiger partial charge in [0.25, 0.3) is 0 Å². The van der Waals surface area contributed by atoms with E-state index >= 15 is 0 Å². The Morgan fingerprint density at radius 2 is 2.23 bits per heavy atom. The standard InChI is InChI=1S/C7H5BrN2O3/c8-4-1-2-5(7(11)13-9)6(3-4)10-12/h1-3H,9H2. The predicted molar refractivity (Wildman–Crippen MR) is 49.2 cm³/mol. The van der Waals surface area contributed by atoms with Crippen molar-refractivity contribution in [2.45, 2.75) is 0 Å². The Kier molecular flexibility index (Phi) is 3.10. The van der Waals surface area contributed by atoms with Crippen LogP contribution in [0, 0.1) is 4.91 Å². The monoisotopic (exact) mass is 244 g/mol. The predicted octanol–water partition coefficient (Wildman–Crippen LogP) is 1.88. The van der Waals surface area contributed by atoms with E-state index in [9.17, 15) is 9.70 Å². The van der Waals surface area contributed by atoms with Crippen LogP contribution in [0.25, 0.3) is 0 Å². The molecule has 0 heterocycles. The zero-order valence-corrected chi connectivity index (χ0v) is 7.95. The molecule has 0 amide bonds. The van der Waals surface area contributed by atoms with Crippen LogP contribution in [-0.4, -0.2) is 5.97 Å². The lowest BCUT2D eigenvalue weighted by atomic mass is 10.2. The Balaban J connectivity index is 3.20. The quantitative estimate of drug-likeness (QED) is 0.636. The van der Waals surface area contributed by atoms with E-state index in [-0.39, 0.29) is 11.3 Å². The highest BCUT2D eigenvalue weighted by atomic mass is 79.9. The zero-order chi connectivity index (χ0) is 9.84. The Hall–Kier alpha value is -1.27. The fourth-order valence-electron chi connectivity index (χ4n) is 0.816. The van der Waals surface area contributed by atoms with Crippen LogP contribution in [-0.2, 0) is 4.84 Å². The van der Waals surface area contributed by atoms with E-state index in [1.165, 1.54) is 12.1 Å². The molecule has 5 nitrogen and oxygen atoms in total. The number of carbonyl (C=O) groups excluding carboxylic acids is 1. The molecule has 0 aliphatic carbocycles. The van der Waals surface area contributed by atoms with E-state index in [1.807, 2.05) is 0 Å². The largest absolute Gasteiger partial charge is 0.370 e. The molecule has 0 atom stereocenters. The van der Waals surface area contributed by atoms with Crippen LogP contribution in [0.5, 0.6) is 0 Å². The SMILES string of the molecule is NOC(=O)c1ccc(Br)cc1N=O. The fourth-order valence-corrected chi connectivity index (χ4v) is 1.17.